The Kier molecular flexibility index (Phi) is 5.87. The van der Waals surface area contributed by atoms with E-state index in [0.717, 1.165) is 42.9 Å². The summed E-state index contributed by atoms with van der Waals surface area (Å²) in [6.45, 7) is 17.0. The van der Waals surface area contributed by atoms with Gasteiger partial charge in [-0.25, -0.2) is 0 Å². The Morgan fingerprint density at radius 2 is 1.73 bits per heavy atom. The van der Waals surface area contributed by atoms with Crippen molar-refractivity contribution in [1.82, 2.24) is 0 Å². The molecule has 0 radical (unpaired) electrons. The molecule has 1 N–H and O–H groups in total. The van der Waals surface area contributed by atoms with Crippen LogP contribution in [0.3, 0.4) is 0 Å². The van der Waals surface area contributed by atoms with E-state index in [0.29, 0.717) is 5.41 Å². The normalized spacial score (nSPS) is 41.2. The molecule has 0 aromatic rings. The minimum absolute atomic E-state index is 0.0740. The Morgan fingerprint density at radius 3 is 2.43 bits per heavy atom. The maximum absolute atomic E-state index is 10.7. The van der Waals surface area contributed by atoms with E-state index in [9.17, 15) is 5.11 Å². The first kappa shape index (κ1) is 22.6. The summed E-state index contributed by atoms with van der Waals surface area (Å²) in [7, 11) is 0. The lowest BCUT2D eigenvalue weighted by atomic mass is 9.49. The standard InChI is InChI=1S/C29H48O/c1-19(2)9-8-10-20(3)22-12-13-23-21-11-14-25-27(4,5)26(30)16-18-29(25,7)24(21)15-17-28(22,23)6/h14,19-20,22-23,26,30H,8-13,15-18H2,1-7H3/t20-,22-,23+,26?,28-,29-/m1/s1. The van der Waals surface area contributed by atoms with E-state index in [1.807, 2.05) is 5.57 Å². The second kappa shape index (κ2) is 7.79. The van der Waals surface area contributed by atoms with Crippen LogP contribution in [0.5, 0.6) is 0 Å². The van der Waals surface area contributed by atoms with Gasteiger partial charge < -0.3 is 5.11 Å². The van der Waals surface area contributed by atoms with Gasteiger partial charge in [-0.15, -0.1) is 0 Å². The Balaban J connectivity index is 1.57. The summed E-state index contributed by atoms with van der Waals surface area (Å²) in [5.41, 5.74) is 5.83. The van der Waals surface area contributed by atoms with Crippen LogP contribution in [0.15, 0.2) is 22.8 Å². The summed E-state index contributed by atoms with van der Waals surface area (Å²) >= 11 is 0. The third-order valence-corrected chi connectivity index (χ3v) is 10.5. The zero-order valence-corrected chi connectivity index (χ0v) is 21.0. The monoisotopic (exact) mass is 412 g/mol. The SMILES string of the molecule is CC(C)CCC[C@@H](C)[C@H]1CC[C@H]2C3=C(CC[C@]12C)[C@@]1(C)CCC(O)C(C)(C)C1=CC3. The van der Waals surface area contributed by atoms with Crippen LogP contribution in [0.4, 0.5) is 0 Å². The number of allylic oxidation sites excluding steroid dienone is 3. The fourth-order valence-electron chi connectivity index (χ4n) is 8.67. The van der Waals surface area contributed by atoms with Crippen molar-refractivity contribution >= 4 is 0 Å². The third kappa shape index (κ3) is 3.37. The number of aliphatic hydroxyl groups excluding tert-OH is 1. The molecule has 0 aromatic carbocycles. The Bertz CT molecular complexity index is 725. The molecule has 1 unspecified atom stereocenters. The fraction of sp³-hybridized carbons (Fsp3) is 0.862. The molecule has 0 aromatic heterocycles. The van der Waals surface area contributed by atoms with Gasteiger partial charge in [0.25, 0.3) is 0 Å². The van der Waals surface area contributed by atoms with E-state index in [1.165, 1.54) is 44.9 Å². The van der Waals surface area contributed by atoms with Crippen molar-refractivity contribution in [3.05, 3.63) is 22.8 Å². The number of fused-ring (bicyclic) bond motifs is 4. The van der Waals surface area contributed by atoms with Crippen LogP contribution in [0, 0.1) is 39.9 Å². The fourth-order valence-corrected chi connectivity index (χ4v) is 8.67. The second-order valence-corrected chi connectivity index (χ2v) is 13.0. The molecule has 0 spiro atoms. The maximum atomic E-state index is 10.7. The van der Waals surface area contributed by atoms with Crippen LogP contribution in [0.1, 0.15) is 113 Å². The van der Waals surface area contributed by atoms with E-state index in [4.69, 9.17) is 0 Å². The first-order valence-corrected chi connectivity index (χ1v) is 13.1. The molecular formula is C29H48O. The Labute approximate surface area is 186 Å². The van der Waals surface area contributed by atoms with Crippen LogP contribution >= 0.6 is 0 Å². The highest BCUT2D eigenvalue weighted by atomic mass is 16.3. The van der Waals surface area contributed by atoms with Gasteiger partial charge in [-0.05, 0) is 74.0 Å². The highest BCUT2D eigenvalue weighted by Gasteiger charge is 2.56. The summed E-state index contributed by atoms with van der Waals surface area (Å²) in [4.78, 5) is 0. The molecule has 2 saturated carbocycles. The van der Waals surface area contributed by atoms with Gasteiger partial charge in [-0.3, -0.25) is 0 Å². The van der Waals surface area contributed by atoms with Crippen molar-refractivity contribution in [3.63, 3.8) is 0 Å². The quantitative estimate of drug-likeness (QED) is 0.452. The second-order valence-electron chi connectivity index (χ2n) is 13.0. The van der Waals surface area contributed by atoms with Gasteiger partial charge in [0.15, 0.2) is 0 Å². The van der Waals surface area contributed by atoms with Crippen molar-refractivity contribution < 1.29 is 5.11 Å². The minimum atomic E-state index is -0.185. The maximum Gasteiger partial charge on any atom is 0.0629 e. The molecule has 4 aliphatic carbocycles. The first-order chi connectivity index (χ1) is 14.0. The molecule has 4 aliphatic rings. The molecule has 1 heteroatoms. The van der Waals surface area contributed by atoms with E-state index in [2.05, 4.69) is 54.5 Å². The van der Waals surface area contributed by atoms with Crippen LogP contribution < -0.4 is 0 Å². The molecular weight excluding hydrogens is 364 g/mol. The summed E-state index contributed by atoms with van der Waals surface area (Å²) in [5, 5.41) is 10.7. The van der Waals surface area contributed by atoms with Gasteiger partial charge in [-0.2, -0.15) is 0 Å². The highest BCUT2D eigenvalue weighted by Crippen LogP contribution is 2.66. The molecule has 0 saturated heterocycles. The predicted octanol–water partition coefficient (Wildman–Crippen LogP) is 8.09. The smallest absolute Gasteiger partial charge is 0.0629 e. The number of hydrogen-bond donors (Lipinski definition) is 1. The van der Waals surface area contributed by atoms with Crippen LogP contribution in [0.25, 0.3) is 0 Å². The zero-order valence-electron chi connectivity index (χ0n) is 21.0. The lowest BCUT2D eigenvalue weighted by Gasteiger charge is -2.56. The van der Waals surface area contributed by atoms with Gasteiger partial charge in [0, 0.05) is 10.8 Å². The summed E-state index contributed by atoms with van der Waals surface area (Å²) in [5.74, 6) is 3.43. The van der Waals surface area contributed by atoms with E-state index >= 15 is 0 Å². The Morgan fingerprint density at radius 1 is 1.00 bits per heavy atom. The third-order valence-electron chi connectivity index (χ3n) is 10.5. The van der Waals surface area contributed by atoms with Gasteiger partial charge >= 0.3 is 0 Å². The summed E-state index contributed by atoms with van der Waals surface area (Å²) < 4.78 is 0. The van der Waals surface area contributed by atoms with Crippen LogP contribution in [0.2, 0.25) is 0 Å². The largest absolute Gasteiger partial charge is 0.392 e. The highest BCUT2D eigenvalue weighted by molar-refractivity contribution is 5.45. The van der Waals surface area contributed by atoms with Crippen molar-refractivity contribution in [1.29, 1.82) is 0 Å². The van der Waals surface area contributed by atoms with Crippen LogP contribution in [-0.2, 0) is 0 Å². The Hall–Kier alpha value is -0.560. The van der Waals surface area contributed by atoms with E-state index in [1.54, 1.807) is 11.1 Å². The molecule has 6 atom stereocenters. The molecule has 30 heavy (non-hydrogen) atoms. The van der Waals surface area contributed by atoms with Gasteiger partial charge in [0.2, 0.25) is 0 Å². The van der Waals surface area contributed by atoms with Gasteiger partial charge in [0.05, 0.1) is 6.10 Å². The van der Waals surface area contributed by atoms with Crippen molar-refractivity contribution in [3.8, 4) is 0 Å². The number of hydrogen-bond acceptors (Lipinski definition) is 1. The molecule has 0 aliphatic heterocycles. The summed E-state index contributed by atoms with van der Waals surface area (Å²) in [6, 6.07) is 0. The first-order valence-electron chi connectivity index (χ1n) is 13.1. The topological polar surface area (TPSA) is 20.2 Å². The number of rotatable bonds is 5. The van der Waals surface area contributed by atoms with Crippen molar-refractivity contribution in [2.45, 2.75) is 119 Å². The van der Waals surface area contributed by atoms with E-state index < -0.39 is 0 Å². The zero-order chi connectivity index (χ0) is 21.9. The van der Waals surface area contributed by atoms with E-state index in [-0.39, 0.29) is 16.9 Å². The predicted molar refractivity (Wildman–Crippen MR) is 128 cm³/mol. The molecule has 1 nitrogen and oxygen atoms in total. The van der Waals surface area contributed by atoms with Crippen molar-refractivity contribution in [2.75, 3.05) is 0 Å². The summed E-state index contributed by atoms with van der Waals surface area (Å²) in [6.07, 6.45) is 15.4. The molecule has 170 valence electrons. The average molecular weight is 413 g/mol. The molecule has 0 heterocycles. The average Bonchev–Trinajstić information content (AvgIpc) is 3.02. The van der Waals surface area contributed by atoms with Gasteiger partial charge in [-0.1, -0.05) is 90.5 Å². The van der Waals surface area contributed by atoms with Crippen molar-refractivity contribution in [2.24, 2.45) is 39.9 Å². The lowest BCUT2D eigenvalue weighted by Crippen LogP contribution is -2.48. The molecule has 4 rings (SSSR count). The number of aliphatic hydroxyl groups is 1. The van der Waals surface area contributed by atoms with Gasteiger partial charge in [0.1, 0.15) is 0 Å². The molecule has 0 amide bonds. The molecule has 2 fully saturated rings. The minimum Gasteiger partial charge on any atom is -0.392 e. The molecule has 0 bridgehead atoms. The van der Waals surface area contributed by atoms with Crippen LogP contribution in [-0.4, -0.2) is 11.2 Å². The lowest BCUT2D eigenvalue weighted by molar-refractivity contribution is 0.0159.